The van der Waals surface area contributed by atoms with Crippen LogP contribution in [-0.4, -0.2) is 9.49 Å². The number of rotatable bonds is 3. The highest BCUT2D eigenvalue weighted by Gasteiger charge is 2.14. The predicted molar refractivity (Wildman–Crippen MR) is 65.2 cm³/mol. The number of nitrogens with zero attached hydrogens (tertiary/aromatic N) is 2. The summed E-state index contributed by atoms with van der Waals surface area (Å²) in [6.07, 6.45) is 1.63. The van der Waals surface area contributed by atoms with Gasteiger partial charge in [-0.3, -0.25) is 14.9 Å². The minimum absolute atomic E-state index is 0.107. The Kier molecular flexibility index (Phi) is 2.92. The highest BCUT2D eigenvalue weighted by Crippen LogP contribution is 2.25. The van der Waals surface area contributed by atoms with E-state index in [2.05, 4.69) is 0 Å². The molecule has 0 aliphatic heterocycles. The molecule has 2 aromatic rings. The zero-order valence-electron chi connectivity index (χ0n) is 8.70. The molecule has 2 rings (SSSR count). The van der Waals surface area contributed by atoms with Crippen LogP contribution in [0.1, 0.15) is 5.56 Å². The van der Waals surface area contributed by atoms with Gasteiger partial charge in [0.1, 0.15) is 5.69 Å². The van der Waals surface area contributed by atoms with Crippen molar-refractivity contribution < 1.29 is 4.92 Å². The minimum atomic E-state index is -0.533. The molecule has 0 saturated heterocycles. The molecular weight excluding hydrogens is 242 g/mol. The van der Waals surface area contributed by atoms with Gasteiger partial charge < -0.3 is 10.3 Å². The van der Waals surface area contributed by atoms with E-state index in [1.165, 1.54) is 10.6 Å². The summed E-state index contributed by atoms with van der Waals surface area (Å²) in [6.45, 7) is 0.246. The Hall–Kier alpha value is -2.15. The van der Waals surface area contributed by atoms with Crippen LogP contribution in [0.5, 0.6) is 0 Å². The number of nitro groups is 1. The largest absolute Gasteiger partial charge is 0.393 e. The van der Waals surface area contributed by atoms with E-state index < -0.39 is 4.92 Å². The number of anilines is 1. The number of nitro benzene ring substituents is 1. The normalized spacial score (nSPS) is 10.4. The first-order valence-corrected chi connectivity index (χ1v) is 5.63. The monoisotopic (exact) mass is 251 g/mol. The van der Waals surface area contributed by atoms with Gasteiger partial charge in [0, 0.05) is 23.2 Å². The van der Waals surface area contributed by atoms with Gasteiger partial charge in [0.2, 0.25) is 0 Å². The SMILES string of the molecule is Nc1c(Cn2ccsc2=O)cccc1[N+](=O)[O-]. The second-order valence-electron chi connectivity index (χ2n) is 3.40. The molecule has 0 fully saturated rings. The molecule has 0 amide bonds. The molecule has 88 valence electrons. The van der Waals surface area contributed by atoms with Crippen LogP contribution in [0.25, 0.3) is 0 Å². The molecule has 2 N–H and O–H groups in total. The Labute approximate surface area is 100 Å². The first kappa shape index (κ1) is 11.3. The zero-order valence-corrected chi connectivity index (χ0v) is 9.52. The molecule has 7 heteroatoms. The number of aromatic nitrogens is 1. The average molecular weight is 251 g/mol. The van der Waals surface area contributed by atoms with Gasteiger partial charge in [-0.1, -0.05) is 23.5 Å². The van der Waals surface area contributed by atoms with Gasteiger partial charge >= 0.3 is 4.87 Å². The highest BCUT2D eigenvalue weighted by atomic mass is 32.1. The second kappa shape index (κ2) is 4.38. The molecule has 0 unspecified atom stereocenters. The van der Waals surface area contributed by atoms with Crippen molar-refractivity contribution in [3.63, 3.8) is 0 Å². The van der Waals surface area contributed by atoms with E-state index in [1.54, 1.807) is 23.7 Å². The number of nitrogen functional groups attached to an aromatic ring is 1. The van der Waals surface area contributed by atoms with Crippen LogP contribution in [0.3, 0.4) is 0 Å². The third kappa shape index (κ3) is 2.18. The fraction of sp³-hybridized carbons (Fsp3) is 0.100. The Balaban J connectivity index is 2.41. The third-order valence-corrected chi connectivity index (χ3v) is 3.05. The van der Waals surface area contributed by atoms with E-state index in [0.717, 1.165) is 11.3 Å². The van der Waals surface area contributed by atoms with Gasteiger partial charge in [-0.25, -0.2) is 0 Å². The Morgan fingerprint density at radius 2 is 2.24 bits per heavy atom. The first-order chi connectivity index (χ1) is 8.09. The maximum atomic E-state index is 11.4. The average Bonchev–Trinajstić information content (AvgIpc) is 2.67. The van der Waals surface area contributed by atoms with Crippen LogP contribution in [0, 0.1) is 10.1 Å². The fourth-order valence-corrected chi connectivity index (χ4v) is 2.07. The smallest absolute Gasteiger partial charge is 0.307 e. The van der Waals surface area contributed by atoms with E-state index in [9.17, 15) is 14.9 Å². The molecule has 1 aromatic heterocycles. The number of para-hydroxylation sites is 1. The lowest BCUT2D eigenvalue weighted by Crippen LogP contribution is -2.14. The van der Waals surface area contributed by atoms with Crippen LogP contribution >= 0.6 is 11.3 Å². The molecule has 6 nitrogen and oxygen atoms in total. The summed E-state index contributed by atoms with van der Waals surface area (Å²) in [5.74, 6) is 0. The summed E-state index contributed by atoms with van der Waals surface area (Å²) in [5.41, 5.74) is 6.24. The molecular formula is C10H9N3O3S. The van der Waals surface area contributed by atoms with Gasteiger partial charge in [0.15, 0.2) is 0 Å². The fourth-order valence-electron chi connectivity index (χ4n) is 1.49. The number of thiazole rings is 1. The van der Waals surface area contributed by atoms with Crippen molar-refractivity contribution in [1.82, 2.24) is 4.57 Å². The van der Waals surface area contributed by atoms with Gasteiger partial charge in [-0.2, -0.15) is 0 Å². The lowest BCUT2D eigenvalue weighted by molar-refractivity contribution is -0.383. The molecule has 0 atom stereocenters. The van der Waals surface area contributed by atoms with Gasteiger partial charge in [0.05, 0.1) is 11.5 Å². The van der Waals surface area contributed by atoms with E-state index >= 15 is 0 Å². The van der Waals surface area contributed by atoms with Crippen LogP contribution in [0.4, 0.5) is 11.4 Å². The van der Waals surface area contributed by atoms with Crippen LogP contribution in [0.2, 0.25) is 0 Å². The topological polar surface area (TPSA) is 91.2 Å². The highest BCUT2D eigenvalue weighted by molar-refractivity contribution is 7.07. The summed E-state index contributed by atoms with van der Waals surface area (Å²) in [7, 11) is 0. The van der Waals surface area contributed by atoms with Crippen molar-refractivity contribution in [3.05, 3.63) is 55.1 Å². The molecule has 0 aliphatic carbocycles. The summed E-state index contributed by atoms with van der Waals surface area (Å²) in [4.78, 5) is 21.4. The molecule has 0 radical (unpaired) electrons. The lowest BCUT2D eigenvalue weighted by Gasteiger charge is -2.05. The maximum Gasteiger partial charge on any atom is 0.307 e. The number of nitrogens with two attached hydrogens (primary N) is 1. The third-order valence-electron chi connectivity index (χ3n) is 2.35. The van der Waals surface area contributed by atoms with E-state index in [0.29, 0.717) is 5.56 Å². The molecule has 17 heavy (non-hydrogen) atoms. The predicted octanol–water partition coefficient (Wildman–Crippen LogP) is 1.45. The maximum absolute atomic E-state index is 11.4. The first-order valence-electron chi connectivity index (χ1n) is 4.75. The van der Waals surface area contributed by atoms with Crippen LogP contribution in [-0.2, 0) is 6.54 Å². The van der Waals surface area contributed by atoms with Crippen molar-refractivity contribution in [2.45, 2.75) is 6.54 Å². The van der Waals surface area contributed by atoms with Crippen LogP contribution < -0.4 is 10.6 Å². The quantitative estimate of drug-likeness (QED) is 0.507. The molecule has 1 heterocycles. The van der Waals surface area contributed by atoms with Gasteiger partial charge in [-0.05, 0) is 0 Å². The molecule has 0 bridgehead atoms. The number of hydrogen-bond donors (Lipinski definition) is 1. The second-order valence-corrected chi connectivity index (χ2v) is 4.26. The van der Waals surface area contributed by atoms with Gasteiger partial charge in [0.25, 0.3) is 5.69 Å². The van der Waals surface area contributed by atoms with Crippen molar-refractivity contribution in [2.75, 3.05) is 5.73 Å². The Morgan fingerprint density at radius 1 is 1.47 bits per heavy atom. The molecule has 0 saturated carbocycles. The molecule has 1 aromatic carbocycles. The van der Waals surface area contributed by atoms with Crippen molar-refractivity contribution in [1.29, 1.82) is 0 Å². The lowest BCUT2D eigenvalue weighted by atomic mass is 10.1. The van der Waals surface area contributed by atoms with Crippen molar-refractivity contribution >= 4 is 22.7 Å². The van der Waals surface area contributed by atoms with E-state index in [1.807, 2.05) is 0 Å². The Morgan fingerprint density at radius 3 is 2.82 bits per heavy atom. The number of benzene rings is 1. The van der Waals surface area contributed by atoms with Gasteiger partial charge in [-0.15, -0.1) is 0 Å². The standard InChI is InChI=1S/C10H9N3O3S/c11-9-7(2-1-3-8(9)13(15)16)6-12-4-5-17-10(12)14/h1-5H,6,11H2. The van der Waals surface area contributed by atoms with Crippen molar-refractivity contribution in [3.8, 4) is 0 Å². The summed E-state index contributed by atoms with van der Waals surface area (Å²) < 4.78 is 1.46. The van der Waals surface area contributed by atoms with E-state index in [4.69, 9.17) is 5.73 Å². The summed E-state index contributed by atoms with van der Waals surface area (Å²) in [6, 6.07) is 4.57. The summed E-state index contributed by atoms with van der Waals surface area (Å²) in [5, 5.41) is 12.4. The summed E-state index contributed by atoms with van der Waals surface area (Å²) >= 11 is 1.07. The zero-order chi connectivity index (χ0) is 12.4. The van der Waals surface area contributed by atoms with E-state index in [-0.39, 0.29) is 22.8 Å². The molecule has 0 spiro atoms. The Bertz CT molecular complexity index is 617. The minimum Gasteiger partial charge on any atom is -0.393 e. The molecule has 0 aliphatic rings. The van der Waals surface area contributed by atoms with Crippen molar-refractivity contribution in [2.24, 2.45) is 0 Å². The van der Waals surface area contributed by atoms with Crippen LogP contribution in [0.15, 0.2) is 34.6 Å². The number of hydrogen-bond acceptors (Lipinski definition) is 5.